The van der Waals surface area contributed by atoms with E-state index in [0.717, 1.165) is 0 Å². The van der Waals surface area contributed by atoms with Crippen molar-refractivity contribution in [2.75, 3.05) is 6.61 Å². The van der Waals surface area contributed by atoms with E-state index in [4.69, 9.17) is 9.84 Å². The Balaban J connectivity index is 1.95. The summed E-state index contributed by atoms with van der Waals surface area (Å²) in [5, 5.41) is 19.6. The molecule has 0 fully saturated rings. The molecule has 0 spiro atoms. The summed E-state index contributed by atoms with van der Waals surface area (Å²) < 4.78 is 5.46. The maximum absolute atomic E-state index is 10.9. The first kappa shape index (κ1) is 14.5. The topological polar surface area (TPSA) is 89.7 Å². The molecule has 1 N–H and O–H groups in total. The van der Waals surface area contributed by atoms with Gasteiger partial charge in [0.25, 0.3) is 5.69 Å². The van der Waals surface area contributed by atoms with E-state index in [1.54, 1.807) is 30.3 Å². The van der Waals surface area contributed by atoms with Crippen LogP contribution < -0.4 is 4.74 Å². The first-order valence-corrected chi connectivity index (χ1v) is 6.26. The normalized spacial score (nSPS) is 10.1. The summed E-state index contributed by atoms with van der Waals surface area (Å²) in [5.74, 6) is -0.472. The fraction of sp³-hybridized carbons (Fsp3) is 0.133. The molecule has 2 aromatic rings. The number of nitrogens with zero attached hydrogens (tertiary/aromatic N) is 1. The van der Waals surface area contributed by atoms with Gasteiger partial charge >= 0.3 is 5.97 Å². The van der Waals surface area contributed by atoms with E-state index in [-0.39, 0.29) is 17.9 Å². The molecule has 108 valence electrons. The second-order valence-electron chi connectivity index (χ2n) is 4.31. The highest BCUT2D eigenvalue weighted by Crippen LogP contribution is 2.19. The fourth-order valence-corrected chi connectivity index (χ4v) is 1.87. The number of benzene rings is 2. The number of carboxylic acid groups (broad SMARTS) is 1. The summed E-state index contributed by atoms with van der Waals surface area (Å²) >= 11 is 0. The summed E-state index contributed by atoms with van der Waals surface area (Å²) in [5.41, 5.74) is 0.855. The number of carbonyl (C=O) groups is 1. The molecule has 0 saturated heterocycles. The van der Waals surface area contributed by atoms with Crippen molar-refractivity contribution in [1.82, 2.24) is 0 Å². The molecule has 0 radical (unpaired) electrons. The van der Waals surface area contributed by atoms with Crippen LogP contribution in [0.5, 0.6) is 5.75 Å². The van der Waals surface area contributed by atoms with Gasteiger partial charge in [0.1, 0.15) is 5.75 Å². The van der Waals surface area contributed by atoms with Crippen molar-refractivity contribution in [2.24, 2.45) is 0 Å². The van der Waals surface area contributed by atoms with Crippen LogP contribution in [0.3, 0.4) is 0 Å². The molecule has 0 atom stereocenters. The number of rotatable bonds is 6. The van der Waals surface area contributed by atoms with Gasteiger partial charge in [-0.2, -0.15) is 0 Å². The van der Waals surface area contributed by atoms with Crippen LogP contribution in [0.4, 0.5) is 5.69 Å². The Labute approximate surface area is 120 Å². The van der Waals surface area contributed by atoms with Crippen molar-refractivity contribution >= 4 is 11.7 Å². The Hall–Kier alpha value is -2.89. The quantitative estimate of drug-likeness (QED) is 0.651. The van der Waals surface area contributed by atoms with E-state index in [1.165, 1.54) is 18.2 Å². The second-order valence-corrected chi connectivity index (χ2v) is 4.31. The smallest absolute Gasteiger partial charge is 0.335 e. The molecule has 6 nitrogen and oxygen atoms in total. The SMILES string of the molecule is O=C(O)c1ccc(OCCc2ccccc2[N+](=O)[O-])cc1. The number of hydrogen-bond acceptors (Lipinski definition) is 4. The Morgan fingerprint density at radius 2 is 1.81 bits per heavy atom. The molecule has 0 saturated carbocycles. The predicted molar refractivity (Wildman–Crippen MR) is 75.7 cm³/mol. The molecule has 21 heavy (non-hydrogen) atoms. The zero-order valence-corrected chi connectivity index (χ0v) is 11.1. The largest absolute Gasteiger partial charge is 0.493 e. The summed E-state index contributed by atoms with van der Waals surface area (Å²) in [6.07, 6.45) is 0.401. The molecular weight excluding hydrogens is 274 g/mol. The minimum atomic E-state index is -0.999. The predicted octanol–water partition coefficient (Wildman–Crippen LogP) is 2.91. The van der Waals surface area contributed by atoms with E-state index in [2.05, 4.69) is 0 Å². The summed E-state index contributed by atoms with van der Waals surface area (Å²) in [6, 6.07) is 12.5. The van der Waals surface area contributed by atoms with E-state index in [0.29, 0.717) is 17.7 Å². The van der Waals surface area contributed by atoms with Gasteiger partial charge in [0.15, 0.2) is 0 Å². The van der Waals surface area contributed by atoms with Gasteiger partial charge in [0.05, 0.1) is 17.1 Å². The highest BCUT2D eigenvalue weighted by Gasteiger charge is 2.11. The third kappa shape index (κ3) is 3.79. The molecule has 0 bridgehead atoms. The van der Waals surface area contributed by atoms with Crippen LogP contribution in [-0.4, -0.2) is 22.6 Å². The van der Waals surface area contributed by atoms with Crippen LogP contribution in [-0.2, 0) is 6.42 Å². The van der Waals surface area contributed by atoms with Gasteiger partial charge in [-0.15, -0.1) is 0 Å². The minimum absolute atomic E-state index is 0.0716. The minimum Gasteiger partial charge on any atom is -0.493 e. The lowest BCUT2D eigenvalue weighted by Gasteiger charge is -2.07. The molecule has 0 aliphatic rings. The number of hydrogen-bond donors (Lipinski definition) is 1. The van der Waals surface area contributed by atoms with Gasteiger partial charge in [0, 0.05) is 18.1 Å². The number of nitro groups is 1. The van der Waals surface area contributed by atoms with Gasteiger partial charge in [-0.1, -0.05) is 18.2 Å². The lowest BCUT2D eigenvalue weighted by atomic mass is 10.1. The van der Waals surface area contributed by atoms with Crippen LogP contribution in [0.15, 0.2) is 48.5 Å². The van der Waals surface area contributed by atoms with Crippen LogP contribution in [0.25, 0.3) is 0 Å². The van der Waals surface area contributed by atoms with E-state index < -0.39 is 10.9 Å². The van der Waals surface area contributed by atoms with E-state index >= 15 is 0 Å². The first-order chi connectivity index (χ1) is 10.1. The van der Waals surface area contributed by atoms with Crippen LogP contribution in [0, 0.1) is 10.1 Å². The summed E-state index contributed by atoms with van der Waals surface area (Å²) in [4.78, 5) is 21.2. The van der Waals surface area contributed by atoms with Crippen LogP contribution in [0.1, 0.15) is 15.9 Å². The monoisotopic (exact) mass is 287 g/mol. The Morgan fingerprint density at radius 3 is 2.43 bits per heavy atom. The van der Waals surface area contributed by atoms with Crippen molar-refractivity contribution in [3.05, 3.63) is 69.8 Å². The van der Waals surface area contributed by atoms with Crippen molar-refractivity contribution in [3.63, 3.8) is 0 Å². The highest BCUT2D eigenvalue weighted by molar-refractivity contribution is 5.87. The number of nitro benzene ring substituents is 1. The third-order valence-corrected chi connectivity index (χ3v) is 2.93. The Morgan fingerprint density at radius 1 is 1.14 bits per heavy atom. The standard InChI is InChI=1S/C15H13NO5/c17-15(18)12-5-7-13(8-6-12)21-10-9-11-3-1-2-4-14(11)16(19)20/h1-8H,9-10H2,(H,17,18). The van der Waals surface area contributed by atoms with Gasteiger partial charge in [0.2, 0.25) is 0 Å². The molecule has 0 aromatic heterocycles. The lowest BCUT2D eigenvalue weighted by molar-refractivity contribution is -0.385. The fourth-order valence-electron chi connectivity index (χ4n) is 1.87. The average molecular weight is 287 g/mol. The average Bonchev–Trinajstić information content (AvgIpc) is 2.48. The van der Waals surface area contributed by atoms with Gasteiger partial charge < -0.3 is 9.84 Å². The van der Waals surface area contributed by atoms with Gasteiger partial charge in [-0.05, 0) is 24.3 Å². The first-order valence-electron chi connectivity index (χ1n) is 6.26. The van der Waals surface area contributed by atoms with Crippen molar-refractivity contribution in [3.8, 4) is 5.75 Å². The molecule has 0 aliphatic heterocycles. The van der Waals surface area contributed by atoms with Crippen LogP contribution >= 0.6 is 0 Å². The van der Waals surface area contributed by atoms with Crippen LogP contribution in [0.2, 0.25) is 0 Å². The molecule has 0 aliphatic carbocycles. The molecule has 2 rings (SSSR count). The third-order valence-electron chi connectivity index (χ3n) is 2.93. The maximum atomic E-state index is 10.9. The van der Waals surface area contributed by atoms with Crippen molar-refractivity contribution in [2.45, 2.75) is 6.42 Å². The Bertz CT molecular complexity index is 651. The second kappa shape index (κ2) is 6.51. The molecule has 0 amide bonds. The lowest BCUT2D eigenvalue weighted by Crippen LogP contribution is -2.04. The number of aromatic carboxylic acids is 1. The molecule has 2 aromatic carbocycles. The Kier molecular flexibility index (Phi) is 4.50. The molecular formula is C15H13NO5. The molecule has 0 unspecified atom stereocenters. The number of ether oxygens (including phenoxy) is 1. The zero-order valence-electron chi connectivity index (χ0n) is 11.1. The zero-order chi connectivity index (χ0) is 15.2. The molecule has 0 heterocycles. The maximum Gasteiger partial charge on any atom is 0.335 e. The number of para-hydroxylation sites is 1. The van der Waals surface area contributed by atoms with E-state index in [9.17, 15) is 14.9 Å². The van der Waals surface area contributed by atoms with E-state index in [1.807, 2.05) is 0 Å². The van der Waals surface area contributed by atoms with Gasteiger partial charge in [-0.25, -0.2) is 4.79 Å². The van der Waals surface area contributed by atoms with Gasteiger partial charge in [-0.3, -0.25) is 10.1 Å². The summed E-state index contributed by atoms with van der Waals surface area (Å²) in [6.45, 7) is 0.275. The number of carboxylic acids is 1. The highest BCUT2D eigenvalue weighted by atomic mass is 16.6. The molecule has 6 heteroatoms. The summed E-state index contributed by atoms with van der Waals surface area (Å²) in [7, 11) is 0. The van der Waals surface area contributed by atoms with Crippen molar-refractivity contribution in [1.29, 1.82) is 0 Å². The van der Waals surface area contributed by atoms with Crippen molar-refractivity contribution < 1.29 is 19.6 Å².